The van der Waals surface area contributed by atoms with E-state index in [-0.39, 0.29) is 35.7 Å². The van der Waals surface area contributed by atoms with Crippen molar-refractivity contribution in [1.29, 1.82) is 0 Å². The molecule has 2 aromatic carbocycles. The van der Waals surface area contributed by atoms with Crippen LogP contribution in [0.15, 0.2) is 47.4 Å². The molecular formula is C21H24N2O5S. The van der Waals surface area contributed by atoms with Crippen molar-refractivity contribution in [2.24, 2.45) is 0 Å². The third-order valence-electron chi connectivity index (χ3n) is 5.42. The zero-order chi connectivity index (χ0) is 20.6. The van der Waals surface area contributed by atoms with E-state index in [9.17, 15) is 13.2 Å². The van der Waals surface area contributed by atoms with Crippen molar-refractivity contribution in [2.45, 2.75) is 24.3 Å². The molecule has 8 heteroatoms. The maximum absolute atomic E-state index is 13.3. The number of hydrogen-bond acceptors (Lipinski definition) is 5. The van der Waals surface area contributed by atoms with E-state index < -0.39 is 10.0 Å². The zero-order valence-electron chi connectivity index (χ0n) is 16.5. The second-order valence-corrected chi connectivity index (χ2v) is 9.15. The highest BCUT2D eigenvalue weighted by Gasteiger charge is 2.34. The fourth-order valence-corrected chi connectivity index (χ4v) is 5.54. The van der Waals surface area contributed by atoms with Crippen LogP contribution in [0.2, 0.25) is 0 Å². The van der Waals surface area contributed by atoms with Gasteiger partial charge in [0.1, 0.15) is 10.6 Å². The standard InChI is InChI=1S/C21H24N2O5S/c1-15-13-16-5-3-4-6-18(16)23(15)21(24)17-7-8-19(27-2)20(14-17)29(25,26)22-9-11-28-12-10-22/h3-8,14-15H,9-13H2,1-2H3/t15-/m1/s1. The minimum atomic E-state index is -3.80. The van der Waals surface area contributed by atoms with E-state index in [2.05, 4.69) is 0 Å². The van der Waals surface area contributed by atoms with Gasteiger partial charge in [-0.25, -0.2) is 8.42 Å². The molecule has 0 saturated carbocycles. The third-order valence-corrected chi connectivity index (χ3v) is 7.34. The second kappa shape index (κ2) is 7.78. The summed E-state index contributed by atoms with van der Waals surface area (Å²) < 4.78 is 38.3. The Bertz CT molecular complexity index is 1030. The van der Waals surface area contributed by atoms with E-state index >= 15 is 0 Å². The fourth-order valence-electron chi connectivity index (χ4n) is 3.95. The van der Waals surface area contributed by atoms with Gasteiger partial charge in [-0.05, 0) is 43.2 Å². The summed E-state index contributed by atoms with van der Waals surface area (Å²) in [5.74, 6) is 0.00597. The number of para-hydroxylation sites is 1. The van der Waals surface area contributed by atoms with Gasteiger partial charge in [0.05, 0.1) is 20.3 Å². The Morgan fingerprint density at radius 2 is 1.86 bits per heavy atom. The summed E-state index contributed by atoms with van der Waals surface area (Å²) in [5, 5.41) is 0. The van der Waals surface area contributed by atoms with Crippen molar-refractivity contribution in [3.05, 3.63) is 53.6 Å². The van der Waals surface area contributed by atoms with Crippen molar-refractivity contribution in [3.63, 3.8) is 0 Å². The normalized spacial score (nSPS) is 19.8. The first kappa shape index (κ1) is 19.9. The van der Waals surface area contributed by atoms with Gasteiger partial charge in [0.15, 0.2) is 0 Å². The van der Waals surface area contributed by atoms with E-state index in [0.717, 1.165) is 17.7 Å². The first-order chi connectivity index (χ1) is 13.9. The van der Waals surface area contributed by atoms with Crippen LogP contribution in [-0.4, -0.2) is 58.1 Å². The maximum atomic E-state index is 13.3. The Morgan fingerprint density at radius 1 is 1.14 bits per heavy atom. The van der Waals surface area contributed by atoms with Gasteiger partial charge in [-0.3, -0.25) is 4.79 Å². The molecule has 2 aliphatic rings. The van der Waals surface area contributed by atoms with Gasteiger partial charge in [-0.1, -0.05) is 18.2 Å². The van der Waals surface area contributed by atoms with Gasteiger partial charge in [-0.15, -0.1) is 0 Å². The van der Waals surface area contributed by atoms with E-state index in [1.54, 1.807) is 17.0 Å². The molecule has 1 atom stereocenters. The molecule has 1 saturated heterocycles. The van der Waals surface area contributed by atoms with E-state index in [0.29, 0.717) is 18.8 Å². The highest BCUT2D eigenvalue weighted by atomic mass is 32.2. The lowest BCUT2D eigenvalue weighted by molar-refractivity contribution is 0.0729. The van der Waals surface area contributed by atoms with Gasteiger partial charge in [0.2, 0.25) is 10.0 Å². The van der Waals surface area contributed by atoms with Crippen molar-refractivity contribution in [3.8, 4) is 5.75 Å². The molecule has 29 heavy (non-hydrogen) atoms. The van der Waals surface area contributed by atoms with Gasteiger partial charge in [-0.2, -0.15) is 4.31 Å². The first-order valence-corrected chi connectivity index (χ1v) is 11.0. The predicted molar refractivity (Wildman–Crippen MR) is 109 cm³/mol. The lowest BCUT2D eigenvalue weighted by Crippen LogP contribution is -2.41. The van der Waals surface area contributed by atoms with Gasteiger partial charge >= 0.3 is 0 Å². The Labute approximate surface area is 170 Å². The number of carbonyl (C=O) groups excluding carboxylic acids is 1. The molecule has 154 valence electrons. The van der Waals surface area contributed by atoms with Crippen molar-refractivity contribution < 1.29 is 22.7 Å². The number of sulfonamides is 1. The Kier molecular flexibility index (Phi) is 5.33. The molecule has 1 fully saturated rings. The fraction of sp³-hybridized carbons (Fsp3) is 0.381. The first-order valence-electron chi connectivity index (χ1n) is 9.61. The number of amides is 1. The summed E-state index contributed by atoms with van der Waals surface area (Å²) in [7, 11) is -2.38. The highest BCUT2D eigenvalue weighted by molar-refractivity contribution is 7.89. The van der Waals surface area contributed by atoms with Crippen LogP contribution in [0, 0.1) is 0 Å². The molecule has 4 rings (SSSR count). The topological polar surface area (TPSA) is 76.2 Å². The average Bonchev–Trinajstić information content (AvgIpc) is 3.09. The van der Waals surface area contributed by atoms with Crippen LogP contribution in [0.1, 0.15) is 22.8 Å². The van der Waals surface area contributed by atoms with Crippen LogP contribution in [-0.2, 0) is 21.2 Å². The number of hydrogen-bond donors (Lipinski definition) is 0. The molecule has 2 heterocycles. The number of ether oxygens (including phenoxy) is 2. The van der Waals surface area contributed by atoms with Crippen molar-refractivity contribution in [2.75, 3.05) is 38.3 Å². The number of methoxy groups -OCH3 is 1. The minimum Gasteiger partial charge on any atom is -0.495 e. The number of rotatable bonds is 4. The summed E-state index contributed by atoms with van der Waals surface area (Å²) in [6, 6.07) is 12.4. The molecule has 0 N–H and O–H groups in total. The number of anilines is 1. The van der Waals surface area contributed by atoms with Crippen LogP contribution in [0.3, 0.4) is 0 Å². The molecule has 7 nitrogen and oxygen atoms in total. The molecule has 2 aliphatic heterocycles. The largest absolute Gasteiger partial charge is 0.495 e. The maximum Gasteiger partial charge on any atom is 0.258 e. The van der Waals surface area contributed by atoms with Crippen molar-refractivity contribution in [1.82, 2.24) is 4.31 Å². The average molecular weight is 416 g/mol. The highest BCUT2D eigenvalue weighted by Crippen LogP contribution is 2.34. The van der Waals surface area contributed by atoms with Crippen LogP contribution in [0.5, 0.6) is 5.75 Å². The Hall–Kier alpha value is -2.42. The van der Waals surface area contributed by atoms with Gasteiger partial charge in [0, 0.05) is 30.4 Å². The molecule has 0 unspecified atom stereocenters. The summed E-state index contributed by atoms with van der Waals surface area (Å²) in [5.41, 5.74) is 2.31. The Balaban J connectivity index is 1.73. The van der Waals surface area contributed by atoms with Gasteiger partial charge in [0.25, 0.3) is 5.91 Å². The second-order valence-electron chi connectivity index (χ2n) is 7.24. The lowest BCUT2D eigenvalue weighted by Gasteiger charge is -2.27. The number of carbonyl (C=O) groups is 1. The molecule has 0 aromatic heterocycles. The van der Waals surface area contributed by atoms with E-state index in [4.69, 9.17) is 9.47 Å². The monoisotopic (exact) mass is 416 g/mol. The number of benzene rings is 2. The SMILES string of the molecule is COc1ccc(C(=O)N2c3ccccc3C[C@H]2C)cc1S(=O)(=O)N1CCOCC1. The zero-order valence-corrected chi connectivity index (χ0v) is 17.3. The summed E-state index contributed by atoms with van der Waals surface area (Å²) in [4.78, 5) is 15.1. The third kappa shape index (κ3) is 3.52. The van der Waals surface area contributed by atoms with Crippen LogP contribution < -0.4 is 9.64 Å². The van der Waals surface area contributed by atoms with Gasteiger partial charge < -0.3 is 14.4 Å². The summed E-state index contributed by atoms with van der Waals surface area (Å²) in [6.07, 6.45) is 0.775. The summed E-state index contributed by atoms with van der Waals surface area (Å²) >= 11 is 0. The van der Waals surface area contributed by atoms with Crippen LogP contribution >= 0.6 is 0 Å². The number of fused-ring (bicyclic) bond motifs is 1. The lowest BCUT2D eigenvalue weighted by atomic mass is 10.1. The molecule has 2 aromatic rings. The van der Waals surface area contributed by atoms with Crippen LogP contribution in [0.25, 0.3) is 0 Å². The molecule has 0 bridgehead atoms. The molecule has 0 radical (unpaired) electrons. The van der Waals surface area contributed by atoms with E-state index in [1.165, 1.54) is 17.5 Å². The molecule has 0 aliphatic carbocycles. The molecule has 1 amide bonds. The summed E-state index contributed by atoms with van der Waals surface area (Å²) in [6.45, 7) is 3.25. The predicted octanol–water partition coefficient (Wildman–Crippen LogP) is 2.31. The van der Waals surface area contributed by atoms with Crippen LogP contribution in [0.4, 0.5) is 5.69 Å². The smallest absolute Gasteiger partial charge is 0.258 e. The van der Waals surface area contributed by atoms with Crippen molar-refractivity contribution >= 4 is 21.6 Å². The number of nitrogens with zero attached hydrogens (tertiary/aromatic N) is 2. The quantitative estimate of drug-likeness (QED) is 0.765. The number of morpholine rings is 1. The molecular weight excluding hydrogens is 392 g/mol. The molecule has 0 spiro atoms. The Morgan fingerprint density at radius 3 is 2.59 bits per heavy atom. The minimum absolute atomic E-state index is 0.00121. The van der Waals surface area contributed by atoms with E-state index in [1.807, 2.05) is 31.2 Å².